The zero-order valence-electron chi connectivity index (χ0n) is 36.6. The highest BCUT2D eigenvalue weighted by Gasteiger charge is 2.38. The molecule has 12 nitrogen and oxygen atoms in total. The molecule has 2 heterocycles. The molecule has 12 heteroatoms. The van der Waals surface area contributed by atoms with Crippen LogP contribution in [-0.4, -0.2) is 76.8 Å². The number of aliphatic imine (C=N–C) groups is 1. The Morgan fingerprint density at radius 2 is 1.85 bits per heavy atom. The summed E-state index contributed by atoms with van der Waals surface area (Å²) in [6.45, 7) is 6.26. The van der Waals surface area contributed by atoms with Crippen LogP contribution < -0.4 is 26.8 Å². The van der Waals surface area contributed by atoms with Crippen molar-refractivity contribution in [2.45, 2.75) is 147 Å². The first-order valence-electron chi connectivity index (χ1n) is 23.2. The quantitative estimate of drug-likeness (QED) is 0.0304. The zero-order chi connectivity index (χ0) is 42.6. The molecule has 9 atom stereocenters. The number of aryl methyl sites for hydroxylation is 4. The average molecular weight is 833 g/mol. The number of furan rings is 1. The standard InChI is InChI=1S/C48H76N6O6/c1-30(25-53-48(50)51-3)11-14-33-15-17-37(49)22-35(33)7-4-5-10-46-36(28-55)23-38(60-46)18-12-32-13-20-44(57)47(21-32)59-29-45(58)43-24-40-41(27-52-26-31(2)56)39-9-6-8-34(39)16-19-42(40)54-43/h13,20-21,23-24,30-31,33-35,37,39,41,45,52,54-58H,4-12,14-19,22,25-29,49H2,1-3H3,(H3,50,51,53)/t30-,31+,33+,34-,35-,37+,39+,41+,45+/m1/s1. The van der Waals surface area contributed by atoms with Crippen LogP contribution in [0.5, 0.6) is 11.5 Å². The molecule has 3 aliphatic rings. The SMILES string of the molecule is CN=C(N)NC[C@H](C)CC[C@H]1CC[C@H](N)C[C@H]1CCCCc1oc(CCc2ccc(O)c(OC[C@H](O)c3cc4c([nH]3)CC[C@H]3CCC[C@@H]3[C@@H]4CNC[C@H](C)O)c2)cc1CO. The van der Waals surface area contributed by atoms with Crippen molar-refractivity contribution in [3.8, 4) is 11.5 Å². The number of aliphatic hydroxyl groups excluding tert-OH is 3. The first-order chi connectivity index (χ1) is 29.0. The second kappa shape index (κ2) is 22.5. The van der Waals surface area contributed by atoms with Crippen molar-refractivity contribution in [2.24, 2.45) is 46.0 Å². The third-order valence-electron chi connectivity index (χ3n) is 14.0. The monoisotopic (exact) mass is 833 g/mol. The molecule has 1 aromatic carbocycles. The van der Waals surface area contributed by atoms with E-state index in [9.17, 15) is 20.4 Å². The zero-order valence-corrected chi connectivity index (χ0v) is 36.6. The Labute approximate surface area is 358 Å². The van der Waals surface area contributed by atoms with Gasteiger partial charge < -0.3 is 56.7 Å². The predicted molar refractivity (Wildman–Crippen MR) is 238 cm³/mol. The highest BCUT2D eigenvalue weighted by Crippen LogP contribution is 2.47. The molecule has 0 unspecified atom stereocenters. The number of ether oxygens (including phenoxy) is 1. The highest BCUT2D eigenvalue weighted by atomic mass is 16.5. The summed E-state index contributed by atoms with van der Waals surface area (Å²) in [4.78, 5) is 7.54. The van der Waals surface area contributed by atoms with Crippen molar-refractivity contribution in [1.82, 2.24) is 15.6 Å². The lowest BCUT2D eigenvalue weighted by molar-refractivity contribution is 0.103. The van der Waals surface area contributed by atoms with Gasteiger partial charge in [0.2, 0.25) is 0 Å². The van der Waals surface area contributed by atoms with Crippen LogP contribution in [-0.2, 0) is 32.3 Å². The predicted octanol–water partition coefficient (Wildman–Crippen LogP) is 6.53. The smallest absolute Gasteiger partial charge is 0.188 e. The van der Waals surface area contributed by atoms with Crippen molar-refractivity contribution in [3.05, 3.63) is 69.9 Å². The first-order valence-corrected chi connectivity index (χ1v) is 23.2. The van der Waals surface area contributed by atoms with Crippen LogP contribution in [0.1, 0.15) is 143 Å². The van der Waals surface area contributed by atoms with Gasteiger partial charge in [0.1, 0.15) is 24.2 Å². The van der Waals surface area contributed by atoms with E-state index in [1.54, 1.807) is 13.1 Å². The summed E-state index contributed by atoms with van der Waals surface area (Å²) in [5, 5.41) is 48.7. The van der Waals surface area contributed by atoms with Crippen LogP contribution in [0.25, 0.3) is 0 Å². The molecule has 2 fully saturated rings. The number of H-pyrrole nitrogens is 1. The van der Waals surface area contributed by atoms with Crippen LogP contribution in [0.3, 0.4) is 0 Å². The summed E-state index contributed by atoms with van der Waals surface area (Å²) in [5.41, 5.74) is 17.3. The molecular weight excluding hydrogens is 757 g/mol. The molecule has 0 spiro atoms. The Morgan fingerprint density at radius 1 is 1.00 bits per heavy atom. The van der Waals surface area contributed by atoms with Gasteiger partial charge >= 0.3 is 0 Å². The van der Waals surface area contributed by atoms with Gasteiger partial charge in [-0.25, -0.2) is 0 Å². The van der Waals surface area contributed by atoms with E-state index in [-0.39, 0.29) is 19.0 Å². The molecule has 3 aromatic rings. The molecule has 0 saturated heterocycles. The second-order valence-electron chi connectivity index (χ2n) is 18.6. The minimum atomic E-state index is -0.880. The summed E-state index contributed by atoms with van der Waals surface area (Å²) in [6, 6.07) is 9.77. The molecule has 6 rings (SSSR count). The Hall–Kier alpha value is -3.55. The van der Waals surface area contributed by atoms with Crippen LogP contribution in [0.15, 0.2) is 39.7 Å². The van der Waals surface area contributed by atoms with Crippen molar-refractivity contribution >= 4 is 5.96 Å². The van der Waals surface area contributed by atoms with Gasteiger partial charge in [-0.2, -0.15) is 0 Å². The van der Waals surface area contributed by atoms with Gasteiger partial charge in [0, 0.05) is 68.4 Å². The number of nitrogens with one attached hydrogen (secondary N) is 3. The number of unbranched alkanes of at least 4 members (excludes halogenated alkanes) is 1. The van der Waals surface area contributed by atoms with E-state index in [1.807, 2.05) is 25.1 Å². The maximum absolute atomic E-state index is 11.3. The minimum Gasteiger partial charge on any atom is -0.504 e. The third kappa shape index (κ3) is 12.8. The normalized spacial score (nSPS) is 24.7. The van der Waals surface area contributed by atoms with Crippen LogP contribution in [0.4, 0.5) is 0 Å². The third-order valence-corrected chi connectivity index (χ3v) is 14.0. The van der Waals surface area contributed by atoms with E-state index >= 15 is 0 Å². The number of aromatic nitrogens is 1. The summed E-state index contributed by atoms with van der Waals surface area (Å²) in [7, 11) is 1.70. The topological polar surface area (TPSA) is 208 Å². The van der Waals surface area contributed by atoms with Gasteiger partial charge in [0.05, 0.1) is 12.7 Å². The van der Waals surface area contributed by atoms with Gasteiger partial charge in [0.25, 0.3) is 0 Å². The van der Waals surface area contributed by atoms with Crippen LogP contribution >= 0.6 is 0 Å². The van der Waals surface area contributed by atoms with E-state index in [1.165, 1.54) is 56.2 Å². The number of hydrogen-bond donors (Lipinski definition) is 9. The maximum Gasteiger partial charge on any atom is 0.188 e. The number of nitrogens with two attached hydrogens (primary N) is 2. The Morgan fingerprint density at radius 3 is 2.65 bits per heavy atom. The van der Waals surface area contributed by atoms with Gasteiger partial charge in [-0.3, -0.25) is 4.99 Å². The Balaban J connectivity index is 0.976. The van der Waals surface area contributed by atoms with Gasteiger partial charge in [-0.15, -0.1) is 0 Å². The lowest BCUT2D eigenvalue weighted by atomic mass is 9.72. The molecule has 0 bridgehead atoms. The maximum atomic E-state index is 11.3. The number of benzene rings is 1. The summed E-state index contributed by atoms with van der Waals surface area (Å²) in [5.74, 6) is 6.14. The molecule has 3 aliphatic carbocycles. The fourth-order valence-electron chi connectivity index (χ4n) is 10.6. The number of aliphatic hydroxyl groups is 3. The van der Waals surface area contributed by atoms with Crippen LogP contribution in [0, 0.1) is 29.6 Å². The van der Waals surface area contributed by atoms with E-state index < -0.39 is 12.2 Å². The molecule has 2 aromatic heterocycles. The fraction of sp³-hybridized carbons (Fsp3) is 0.688. The Kier molecular flexibility index (Phi) is 17.2. The van der Waals surface area contributed by atoms with Crippen molar-refractivity contribution in [1.29, 1.82) is 0 Å². The lowest BCUT2D eigenvalue weighted by Crippen LogP contribution is -2.35. The Bertz CT molecular complexity index is 1790. The molecule has 0 radical (unpaired) electrons. The van der Waals surface area contributed by atoms with E-state index in [2.05, 4.69) is 33.6 Å². The molecule has 60 heavy (non-hydrogen) atoms. The van der Waals surface area contributed by atoms with Crippen molar-refractivity contribution in [3.63, 3.8) is 0 Å². The van der Waals surface area contributed by atoms with E-state index in [0.717, 1.165) is 92.3 Å². The number of hydrogen-bond acceptors (Lipinski definition) is 9. The van der Waals surface area contributed by atoms with Gasteiger partial charge in [0.15, 0.2) is 17.5 Å². The largest absolute Gasteiger partial charge is 0.504 e. The first kappa shape index (κ1) is 46.0. The molecule has 2 saturated carbocycles. The van der Waals surface area contributed by atoms with Crippen molar-refractivity contribution < 1.29 is 29.6 Å². The molecule has 0 amide bonds. The summed E-state index contributed by atoms with van der Waals surface area (Å²) < 4.78 is 12.4. The number of aromatic hydroxyl groups is 1. The van der Waals surface area contributed by atoms with E-state index in [0.29, 0.717) is 66.7 Å². The van der Waals surface area contributed by atoms with Gasteiger partial charge in [-0.1, -0.05) is 38.7 Å². The van der Waals surface area contributed by atoms with Crippen molar-refractivity contribution in [2.75, 3.05) is 33.3 Å². The number of rotatable bonds is 22. The number of phenols is 1. The number of aromatic amines is 1. The fourth-order valence-corrected chi connectivity index (χ4v) is 10.6. The molecule has 0 aliphatic heterocycles. The molecular formula is C48H76N6O6. The lowest BCUT2D eigenvalue weighted by Gasteiger charge is -2.35. The van der Waals surface area contributed by atoms with Crippen LogP contribution in [0.2, 0.25) is 0 Å². The highest BCUT2D eigenvalue weighted by molar-refractivity contribution is 5.77. The molecule has 334 valence electrons. The molecule has 11 N–H and O–H groups in total. The summed E-state index contributed by atoms with van der Waals surface area (Å²) in [6.07, 6.45) is 15.8. The number of phenolic OH excluding ortho intramolecular Hbond substituents is 1. The average Bonchev–Trinajstić information content (AvgIpc) is 3.98. The second-order valence-corrected chi connectivity index (χ2v) is 18.6. The van der Waals surface area contributed by atoms with E-state index in [4.69, 9.17) is 20.6 Å². The minimum absolute atomic E-state index is 0.00505. The summed E-state index contributed by atoms with van der Waals surface area (Å²) >= 11 is 0. The number of nitrogens with zero attached hydrogens (tertiary/aromatic N) is 1. The number of fused-ring (bicyclic) bond motifs is 2. The van der Waals surface area contributed by atoms with Gasteiger partial charge in [-0.05, 0) is 136 Å². The number of guanidine groups is 1.